The molecule has 0 radical (unpaired) electrons. The van der Waals surface area contributed by atoms with Crippen molar-refractivity contribution in [1.29, 1.82) is 0 Å². The highest BCUT2D eigenvalue weighted by molar-refractivity contribution is 7.99. The Morgan fingerprint density at radius 2 is 2.14 bits per heavy atom. The van der Waals surface area contributed by atoms with Crippen LogP contribution in [0.2, 0.25) is 0 Å². The summed E-state index contributed by atoms with van der Waals surface area (Å²) in [6, 6.07) is 2.90. The highest BCUT2D eigenvalue weighted by Crippen LogP contribution is 2.27. The molecule has 0 aliphatic heterocycles. The van der Waals surface area contributed by atoms with Crippen molar-refractivity contribution in [2.75, 3.05) is 18.9 Å². The predicted molar refractivity (Wildman–Crippen MR) is 92.9 cm³/mol. The number of carbonyl (C=O) groups is 1. The van der Waals surface area contributed by atoms with Crippen LogP contribution in [0.4, 0.5) is 18.9 Å². The predicted octanol–water partition coefficient (Wildman–Crippen LogP) is 0.745. The number of nitrogens with one attached hydrogen (secondary N) is 1. The molecule has 152 valence electrons. The molecule has 0 fully saturated rings. The number of amidine groups is 1. The first-order valence-electron chi connectivity index (χ1n) is 7.77. The van der Waals surface area contributed by atoms with E-state index >= 15 is 0 Å². The van der Waals surface area contributed by atoms with Crippen LogP contribution in [0.1, 0.15) is 17.7 Å². The lowest BCUT2D eigenvalue weighted by Gasteiger charge is -2.07. The number of thioether (sulfide) groups is 1. The summed E-state index contributed by atoms with van der Waals surface area (Å²) in [5.74, 6) is -1.67. The summed E-state index contributed by atoms with van der Waals surface area (Å²) in [5.41, 5.74) is 5.06. The first-order valence-corrected chi connectivity index (χ1v) is 8.76. The van der Waals surface area contributed by atoms with E-state index < -0.39 is 36.4 Å². The summed E-state index contributed by atoms with van der Waals surface area (Å²) in [6.07, 6.45) is -4.51. The second-order valence-corrected chi connectivity index (χ2v) is 6.34. The molecule has 0 aliphatic rings. The Labute approximate surface area is 160 Å². The number of rotatable bonds is 9. The fourth-order valence-electron chi connectivity index (χ4n) is 1.91. The van der Waals surface area contributed by atoms with Gasteiger partial charge >= 0.3 is 0 Å². The maximum Gasteiger partial charge on any atom is 0.266 e. The van der Waals surface area contributed by atoms with Crippen molar-refractivity contribution in [2.24, 2.45) is 10.7 Å². The van der Waals surface area contributed by atoms with Gasteiger partial charge in [-0.1, -0.05) is 11.8 Å². The summed E-state index contributed by atoms with van der Waals surface area (Å²) in [6.45, 7) is -0.556. The van der Waals surface area contributed by atoms with Gasteiger partial charge in [0.1, 0.15) is 5.82 Å². The molecule has 1 heterocycles. The second-order valence-electron chi connectivity index (χ2n) is 5.26. The Morgan fingerprint density at radius 1 is 1.39 bits per heavy atom. The zero-order valence-corrected chi connectivity index (χ0v) is 15.0. The average molecular weight is 419 g/mol. The van der Waals surface area contributed by atoms with Gasteiger partial charge in [0.05, 0.1) is 17.9 Å². The first kappa shape index (κ1) is 21.7. The van der Waals surface area contributed by atoms with E-state index in [1.54, 1.807) is 0 Å². The van der Waals surface area contributed by atoms with Crippen molar-refractivity contribution in [1.82, 2.24) is 15.6 Å². The monoisotopic (exact) mass is 419 g/mol. The number of halogens is 3. The van der Waals surface area contributed by atoms with Gasteiger partial charge < -0.3 is 21.3 Å². The lowest BCUT2D eigenvalue weighted by atomic mass is 10.2. The smallest absolute Gasteiger partial charge is 0.266 e. The van der Waals surface area contributed by atoms with Crippen LogP contribution in [0.15, 0.2) is 32.8 Å². The molecule has 28 heavy (non-hydrogen) atoms. The maximum atomic E-state index is 13.3. The van der Waals surface area contributed by atoms with Gasteiger partial charge in [-0.2, -0.15) is 0 Å². The van der Waals surface area contributed by atoms with Crippen molar-refractivity contribution in [3.8, 4) is 0 Å². The molecule has 9 nitrogen and oxygen atoms in total. The molecule has 1 unspecified atom stereocenters. The van der Waals surface area contributed by atoms with Crippen molar-refractivity contribution in [3.63, 3.8) is 0 Å². The molecule has 2 rings (SSSR count). The van der Waals surface area contributed by atoms with Crippen LogP contribution in [0.25, 0.3) is 0 Å². The minimum Gasteiger partial charge on any atom is -0.393 e. The van der Waals surface area contributed by atoms with Crippen LogP contribution in [0.5, 0.6) is 0 Å². The number of hydrogen-bond donors (Lipinski definition) is 4. The zero-order valence-electron chi connectivity index (χ0n) is 14.2. The van der Waals surface area contributed by atoms with Gasteiger partial charge in [-0.3, -0.25) is 4.79 Å². The molecule has 0 saturated carbocycles. The van der Waals surface area contributed by atoms with Crippen LogP contribution in [-0.2, 0) is 4.79 Å². The topological polar surface area (TPSA) is 147 Å². The molecule has 1 aromatic carbocycles. The minimum absolute atomic E-state index is 0.00148. The summed E-state index contributed by atoms with van der Waals surface area (Å²) in [7, 11) is 0. The molecule has 5 N–H and O–H groups in total. The number of amides is 1. The SMILES string of the molecule is NC(=Nc1ccc(F)c(C(F)F)c1)c1nonc1SCCNC(=O)C(O)CO. The molecule has 0 saturated heterocycles. The first-order chi connectivity index (χ1) is 13.3. The summed E-state index contributed by atoms with van der Waals surface area (Å²) in [4.78, 5) is 15.2. The molecular formula is C15H16F3N5O4S. The average Bonchev–Trinajstić information content (AvgIpc) is 3.14. The summed E-state index contributed by atoms with van der Waals surface area (Å²) >= 11 is 1.10. The van der Waals surface area contributed by atoms with Crippen LogP contribution in [0.3, 0.4) is 0 Å². The van der Waals surface area contributed by atoms with Gasteiger partial charge in [-0.25, -0.2) is 22.8 Å². The van der Waals surface area contributed by atoms with E-state index in [0.29, 0.717) is 5.75 Å². The number of aliphatic hydroxyl groups excluding tert-OH is 2. The lowest BCUT2D eigenvalue weighted by Crippen LogP contribution is -2.37. The number of nitrogens with zero attached hydrogens (tertiary/aromatic N) is 3. The van der Waals surface area contributed by atoms with Gasteiger partial charge in [0.15, 0.2) is 22.7 Å². The van der Waals surface area contributed by atoms with Gasteiger partial charge in [0, 0.05) is 12.3 Å². The van der Waals surface area contributed by atoms with Crippen LogP contribution >= 0.6 is 11.8 Å². The van der Waals surface area contributed by atoms with Crippen molar-refractivity contribution in [3.05, 3.63) is 35.3 Å². The Bertz CT molecular complexity index is 849. The number of aromatic nitrogens is 2. The van der Waals surface area contributed by atoms with Gasteiger partial charge in [-0.15, -0.1) is 0 Å². The van der Waals surface area contributed by atoms with E-state index in [4.69, 9.17) is 15.9 Å². The van der Waals surface area contributed by atoms with E-state index in [9.17, 15) is 18.0 Å². The standard InChI is InChI=1S/C15H16F3N5O4S/c16-9-2-1-7(5-8(9)12(17)18)21-13(19)11-15(23-27-22-11)28-4-3-20-14(26)10(25)6-24/h1-2,5,10,12,24-25H,3-4,6H2,(H2,19,21)(H,20,26). The summed E-state index contributed by atoms with van der Waals surface area (Å²) < 4.78 is 43.5. The fraction of sp³-hybridized carbons (Fsp3) is 0.333. The Kier molecular flexibility index (Phi) is 7.78. The Balaban J connectivity index is 2.03. The lowest BCUT2D eigenvalue weighted by molar-refractivity contribution is -0.131. The molecule has 1 aromatic heterocycles. The van der Waals surface area contributed by atoms with Crippen molar-refractivity contribution >= 4 is 29.2 Å². The van der Waals surface area contributed by atoms with Crippen LogP contribution in [0, 0.1) is 5.82 Å². The molecule has 1 amide bonds. The number of benzene rings is 1. The van der Waals surface area contributed by atoms with Crippen molar-refractivity contribution < 1.29 is 32.8 Å². The molecule has 1 atom stereocenters. The normalized spacial score (nSPS) is 13.0. The molecule has 0 spiro atoms. The van der Waals surface area contributed by atoms with E-state index in [1.165, 1.54) is 6.07 Å². The van der Waals surface area contributed by atoms with Crippen molar-refractivity contribution in [2.45, 2.75) is 17.6 Å². The van der Waals surface area contributed by atoms with E-state index in [0.717, 1.165) is 23.9 Å². The third-order valence-electron chi connectivity index (χ3n) is 3.28. The summed E-state index contributed by atoms with van der Waals surface area (Å²) in [5, 5.41) is 27.6. The minimum atomic E-state index is -3.00. The maximum absolute atomic E-state index is 13.3. The quantitative estimate of drug-likeness (QED) is 0.201. The molecule has 13 heteroatoms. The van der Waals surface area contributed by atoms with Gasteiger partial charge in [-0.05, 0) is 28.5 Å². The Hall–Kier alpha value is -2.64. The Morgan fingerprint density at radius 3 is 2.82 bits per heavy atom. The van der Waals surface area contributed by atoms with Gasteiger partial charge in [0.25, 0.3) is 12.3 Å². The number of aliphatic imine (C=N–C) groups is 1. The molecule has 2 aromatic rings. The fourth-order valence-corrected chi connectivity index (χ4v) is 2.68. The number of nitrogens with two attached hydrogens (primary N) is 1. The molecular weight excluding hydrogens is 403 g/mol. The van der Waals surface area contributed by atoms with Crippen LogP contribution < -0.4 is 11.1 Å². The highest BCUT2D eigenvalue weighted by Gasteiger charge is 2.17. The van der Waals surface area contributed by atoms with Gasteiger partial charge in [0.2, 0.25) is 0 Å². The number of hydrogen-bond acceptors (Lipinski definition) is 8. The molecule has 0 aliphatic carbocycles. The number of alkyl halides is 2. The third-order valence-corrected chi connectivity index (χ3v) is 4.23. The largest absolute Gasteiger partial charge is 0.393 e. The number of carbonyl (C=O) groups excluding carboxylic acids is 1. The van der Waals surface area contributed by atoms with E-state index in [1.807, 2.05) is 0 Å². The number of aliphatic hydroxyl groups is 2. The third kappa shape index (κ3) is 5.68. The zero-order chi connectivity index (χ0) is 20.7. The second kappa shape index (κ2) is 10.1. The van der Waals surface area contributed by atoms with E-state index in [2.05, 4.69) is 25.3 Å². The highest BCUT2D eigenvalue weighted by atomic mass is 32.2. The van der Waals surface area contributed by atoms with E-state index in [-0.39, 0.29) is 28.8 Å². The molecule has 0 bridgehead atoms. The van der Waals surface area contributed by atoms with Crippen LogP contribution in [-0.4, -0.2) is 57.3 Å².